The van der Waals surface area contributed by atoms with Gasteiger partial charge in [0.05, 0.1) is 16.6 Å². The Morgan fingerprint density at radius 1 is 0.952 bits per heavy atom. The van der Waals surface area contributed by atoms with Crippen molar-refractivity contribution in [1.82, 2.24) is 9.47 Å². The first-order valence-electron chi connectivity index (χ1n) is 13.7. The van der Waals surface area contributed by atoms with Crippen LogP contribution in [0.15, 0.2) is 101 Å². The standard InChI is InChI=1S/C32H35N7O.2HI/c1-3-18-38-20-17-28(26-7-5-6-8-29(26)38)35-24-15-11-23(12-16-24)31(40)36-25-13-9-22(10-14-25)27-21-39(19-4-2)32(34)37-30(27)33;;/h5-17,20-21,32H,3-4,18-19,34H2,1-2H3,(H2,33,37)(H,36,40);2*1H/p-1. The molecule has 3 aromatic carbocycles. The molecule has 0 spiro atoms. The van der Waals surface area contributed by atoms with Gasteiger partial charge in [-0.3, -0.25) is 10.5 Å². The molecule has 5 N–H and O–H groups in total. The SMILES string of the molecule is CCCN1C=C(c2ccc(NC(=O)c3ccc(N=c4ccn(CCC)c5ccccc45)cc3)cc2)C(N)=NC1N.I.[I-]. The lowest BCUT2D eigenvalue weighted by atomic mass is 10.0. The van der Waals surface area contributed by atoms with E-state index in [4.69, 9.17) is 16.5 Å². The van der Waals surface area contributed by atoms with Gasteiger partial charge in [0.15, 0.2) is 6.29 Å². The molecular weight excluding hydrogens is 752 g/mol. The third kappa shape index (κ3) is 7.58. The van der Waals surface area contributed by atoms with Crippen molar-refractivity contribution < 1.29 is 28.8 Å². The Morgan fingerprint density at radius 2 is 1.64 bits per heavy atom. The molecule has 1 aliphatic rings. The van der Waals surface area contributed by atoms with Crippen molar-refractivity contribution in [3.63, 3.8) is 0 Å². The van der Waals surface area contributed by atoms with E-state index in [1.165, 1.54) is 0 Å². The molecule has 1 atom stereocenters. The number of nitrogens with zero attached hydrogens (tertiary/aromatic N) is 4. The van der Waals surface area contributed by atoms with Crippen LogP contribution in [-0.4, -0.2) is 34.0 Å². The summed E-state index contributed by atoms with van der Waals surface area (Å²) in [6, 6.07) is 25.2. The maximum absolute atomic E-state index is 12.9. The van der Waals surface area contributed by atoms with Crippen LogP contribution in [0.2, 0.25) is 0 Å². The van der Waals surface area contributed by atoms with E-state index in [1.54, 1.807) is 12.1 Å². The molecule has 0 fully saturated rings. The largest absolute Gasteiger partial charge is 1.00 e. The first kappa shape index (κ1) is 33.3. The molecule has 4 aromatic rings. The van der Waals surface area contributed by atoms with Gasteiger partial charge in [-0.05, 0) is 66.9 Å². The fourth-order valence-electron chi connectivity index (χ4n) is 4.84. The molecule has 1 unspecified atom stereocenters. The van der Waals surface area contributed by atoms with Gasteiger partial charge in [-0.25, -0.2) is 9.98 Å². The summed E-state index contributed by atoms with van der Waals surface area (Å²) in [6.07, 6.45) is 5.59. The van der Waals surface area contributed by atoms with Gasteiger partial charge in [-0.15, -0.1) is 24.0 Å². The van der Waals surface area contributed by atoms with Crippen molar-refractivity contribution in [3.05, 3.63) is 108 Å². The number of hydrogen-bond acceptors (Lipinski definition) is 6. The number of nitrogens with one attached hydrogen (secondary N) is 1. The number of carbonyl (C=O) groups excluding carboxylic acids is 1. The van der Waals surface area contributed by atoms with E-state index in [9.17, 15) is 4.79 Å². The van der Waals surface area contributed by atoms with Crippen LogP contribution in [0, 0.1) is 0 Å². The third-order valence-corrected chi connectivity index (χ3v) is 6.86. The second-order valence-electron chi connectivity index (χ2n) is 9.81. The van der Waals surface area contributed by atoms with E-state index < -0.39 is 6.29 Å². The van der Waals surface area contributed by atoms with Crippen molar-refractivity contribution in [2.75, 3.05) is 11.9 Å². The second kappa shape index (κ2) is 15.3. The minimum atomic E-state index is -0.467. The van der Waals surface area contributed by atoms with Crippen molar-refractivity contribution in [1.29, 1.82) is 0 Å². The van der Waals surface area contributed by atoms with Crippen molar-refractivity contribution in [3.8, 4) is 0 Å². The van der Waals surface area contributed by atoms with Gasteiger partial charge in [0, 0.05) is 47.7 Å². The highest BCUT2D eigenvalue weighted by molar-refractivity contribution is 14.0. The lowest BCUT2D eigenvalue weighted by molar-refractivity contribution is -0.0000161. The predicted molar refractivity (Wildman–Crippen MR) is 178 cm³/mol. The van der Waals surface area contributed by atoms with Gasteiger partial charge in [0.25, 0.3) is 5.91 Å². The Balaban J connectivity index is 0.00000242. The topological polar surface area (TPSA) is 114 Å². The number of aliphatic imine (C=N–C) groups is 1. The number of rotatable bonds is 8. The molecule has 42 heavy (non-hydrogen) atoms. The van der Waals surface area contributed by atoms with E-state index in [0.717, 1.165) is 59.0 Å². The quantitative estimate of drug-likeness (QED) is 0.239. The average molecular weight is 788 g/mol. The number of fused-ring (bicyclic) bond motifs is 1. The first-order valence-corrected chi connectivity index (χ1v) is 13.7. The normalized spacial score (nSPS) is 14.9. The predicted octanol–water partition coefficient (Wildman–Crippen LogP) is 2.82. The molecule has 0 bridgehead atoms. The number of benzene rings is 3. The van der Waals surface area contributed by atoms with Crippen LogP contribution in [0.1, 0.15) is 42.6 Å². The summed E-state index contributed by atoms with van der Waals surface area (Å²) in [7, 11) is 0. The summed E-state index contributed by atoms with van der Waals surface area (Å²) in [5, 5.41) is 4.96. The van der Waals surface area contributed by atoms with E-state index in [-0.39, 0.29) is 53.9 Å². The Kier molecular flexibility index (Phi) is 12.1. The molecule has 0 aliphatic carbocycles. The summed E-state index contributed by atoms with van der Waals surface area (Å²) < 4.78 is 2.25. The lowest BCUT2D eigenvalue weighted by Gasteiger charge is -2.29. The molecule has 10 heteroatoms. The number of amidine groups is 1. The zero-order valence-corrected chi connectivity index (χ0v) is 28.2. The molecule has 0 radical (unpaired) electrons. The smallest absolute Gasteiger partial charge is 0.255 e. The molecule has 2 heterocycles. The van der Waals surface area contributed by atoms with E-state index in [2.05, 4.69) is 47.1 Å². The molecule has 0 saturated carbocycles. The van der Waals surface area contributed by atoms with Crippen LogP contribution >= 0.6 is 24.0 Å². The summed E-state index contributed by atoms with van der Waals surface area (Å²) in [5.74, 6) is 0.217. The summed E-state index contributed by atoms with van der Waals surface area (Å²) in [4.78, 5) is 24.1. The van der Waals surface area contributed by atoms with Crippen LogP contribution in [0.5, 0.6) is 0 Å². The molecular formula is C32H36I2N7O-. The number of para-hydroxylation sites is 1. The van der Waals surface area contributed by atoms with Gasteiger partial charge >= 0.3 is 0 Å². The van der Waals surface area contributed by atoms with Gasteiger partial charge in [0.2, 0.25) is 0 Å². The molecule has 1 amide bonds. The number of hydrogen-bond donors (Lipinski definition) is 3. The highest BCUT2D eigenvalue weighted by atomic mass is 127. The fraction of sp³-hybridized carbons (Fsp3) is 0.219. The van der Waals surface area contributed by atoms with E-state index in [0.29, 0.717) is 17.1 Å². The third-order valence-electron chi connectivity index (χ3n) is 6.86. The number of carbonyl (C=O) groups is 1. The molecule has 220 valence electrons. The van der Waals surface area contributed by atoms with E-state index >= 15 is 0 Å². The number of nitrogens with two attached hydrogens (primary N) is 2. The van der Waals surface area contributed by atoms with Crippen molar-refractivity contribution >= 4 is 63.6 Å². The van der Waals surface area contributed by atoms with Crippen molar-refractivity contribution in [2.24, 2.45) is 21.5 Å². The number of aromatic nitrogens is 1. The highest BCUT2D eigenvalue weighted by Crippen LogP contribution is 2.23. The van der Waals surface area contributed by atoms with Crippen LogP contribution in [0.3, 0.4) is 0 Å². The van der Waals surface area contributed by atoms with Crippen LogP contribution in [0.4, 0.5) is 11.4 Å². The minimum Gasteiger partial charge on any atom is -1.00 e. The maximum Gasteiger partial charge on any atom is 0.255 e. The zero-order valence-electron chi connectivity index (χ0n) is 23.7. The second-order valence-corrected chi connectivity index (χ2v) is 9.81. The Morgan fingerprint density at radius 3 is 2.33 bits per heavy atom. The van der Waals surface area contributed by atoms with Crippen molar-refractivity contribution in [2.45, 2.75) is 39.5 Å². The van der Waals surface area contributed by atoms with E-state index in [1.807, 2.05) is 65.7 Å². The summed E-state index contributed by atoms with van der Waals surface area (Å²) >= 11 is 0. The first-order chi connectivity index (χ1) is 19.5. The number of amides is 1. The number of halogens is 2. The lowest BCUT2D eigenvalue weighted by Crippen LogP contribution is -3.00. The molecule has 1 aliphatic heterocycles. The molecule has 0 saturated heterocycles. The highest BCUT2D eigenvalue weighted by Gasteiger charge is 2.19. The van der Waals surface area contributed by atoms with Gasteiger partial charge in [-0.1, -0.05) is 44.2 Å². The Labute approximate surface area is 280 Å². The average Bonchev–Trinajstić information content (AvgIpc) is 2.97. The van der Waals surface area contributed by atoms with Crippen LogP contribution < -0.4 is 46.1 Å². The van der Waals surface area contributed by atoms with Gasteiger partial charge in [-0.2, -0.15) is 0 Å². The Bertz CT molecular complexity index is 1640. The van der Waals surface area contributed by atoms with Gasteiger partial charge in [0.1, 0.15) is 5.84 Å². The summed E-state index contributed by atoms with van der Waals surface area (Å²) in [6.45, 7) is 6.02. The van der Waals surface area contributed by atoms with Crippen LogP contribution in [-0.2, 0) is 6.54 Å². The number of aryl methyl sites for hydroxylation is 1. The Hall–Kier alpha value is -3.23. The molecule has 5 rings (SSSR count). The zero-order chi connectivity index (χ0) is 28.1. The molecule has 1 aromatic heterocycles. The maximum atomic E-state index is 12.9. The fourth-order valence-corrected chi connectivity index (χ4v) is 4.84. The van der Waals surface area contributed by atoms with Gasteiger partial charge < -0.3 is 44.5 Å². The van der Waals surface area contributed by atoms with Crippen LogP contribution in [0.25, 0.3) is 16.5 Å². The monoisotopic (exact) mass is 788 g/mol. The minimum absolute atomic E-state index is 0. The molecule has 8 nitrogen and oxygen atoms in total. The number of pyridine rings is 1. The summed E-state index contributed by atoms with van der Waals surface area (Å²) in [5.41, 5.74) is 17.1. The number of anilines is 1.